The molecule has 0 aliphatic heterocycles. The first-order chi connectivity index (χ1) is 21.4. The van der Waals surface area contributed by atoms with Crippen molar-refractivity contribution in [2.24, 2.45) is 56.7 Å². The van der Waals surface area contributed by atoms with Gasteiger partial charge in [0.2, 0.25) is 5.91 Å². The van der Waals surface area contributed by atoms with Crippen molar-refractivity contribution >= 4 is 29.3 Å². The van der Waals surface area contributed by atoms with E-state index in [1.165, 1.54) is 0 Å². The highest BCUT2D eigenvalue weighted by atomic mass is 16.2. The normalized spacial score (nSPS) is 39.8. The Bertz CT molecular complexity index is 1630. The van der Waals surface area contributed by atoms with Crippen LogP contribution in [-0.4, -0.2) is 33.2 Å². The SMILES string of the molecule is C\C=C/C(=C\N=C/C)c1cn(C(=O)C23CCC(C)CC2C2C(=O)C=C4C5(C)C=C(C#N)C(=O)C(C)C5CCC4(C)C2CC3)cn1. The third-order valence-electron chi connectivity index (χ3n) is 12.7. The van der Waals surface area contributed by atoms with Crippen LogP contribution in [-0.2, 0) is 9.59 Å². The van der Waals surface area contributed by atoms with Gasteiger partial charge in [-0.2, -0.15) is 5.26 Å². The maximum atomic E-state index is 14.6. The van der Waals surface area contributed by atoms with Gasteiger partial charge in [-0.1, -0.05) is 51.5 Å². The molecule has 0 saturated heterocycles. The van der Waals surface area contributed by atoms with Crippen LogP contribution in [0, 0.1) is 63.1 Å². The molecule has 9 atom stereocenters. The smallest absolute Gasteiger partial charge is 0.238 e. The summed E-state index contributed by atoms with van der Waals surface area (Å²) in [6.45, 7) is 12.5. The summed E-state index contributed by atoms with van der Waals surface area (Å²) < 4.78 is 1.67. The third kappa shape index (κ3) is 4.62. The molecule has 1 heterocycles. The second-order valence-electron chi connectivity index (χ2n) is 14.9. The van der Waals surface area contributed by atoms with Crippen LogP contribution in [0.5, 0.6) is 0 Å². The van der Waals surface area contributed by atoms with Crippen LogP contribution in [0.3, 0.4) is 0 Å². The minimum absolute atomic E-state index is 0.0432. The molecule has 5 aliphatic carbocycles. The summed E-state index contributed by atoms with van der Waals surface area (Å²) in [4.78, 5) is 51.0. The highest BCUT2D eigenvalue weighted by molar-refractivity contribution is 6.02. The maximum Gasteiger partial charge on any atom is 0.238 e. The molecule has 5 aliphatic rings. The first-order valence-corrected chi connectivity index (χ1v) is 16.8. The van der Waals surface area contributed by atoms with Crippen molar-refractivity contribution in [3.05, 3.63) is 59.9 Å². The number of imidazole rings is 1. The molecule has 7 heteroatoms. The lowest BCUT2D eigenvalue weighted by atomic mass is 9.40. The zero-order valence-electron chi connectivity index (χ0n) is 27.5. The van der Waals surface area contributed by atoms with E-state index >= 15 is 0 Å². The van der Waals surface area contributed by atoms with Gasteiger partial charge in [-0.3, -0.25) is 23.9 Å². The van der Waals surface area contributed by atoms with Gasteiger partial charge in [0.1, 0.15) is 12.4 Å². The van der Waals surface area contributed by atoms with Gasteiger partial charge in [-0.05, 0) is 94.0 Å². The lowest BCUT2D eigenvalue weighted by molar-refractivity contribution is -0.139. The van der Waals surface area contributed by atoms with Crippen molar-refractivity contribution in [1.29, 1.82) is 5.26 Å². The van der Waals surface area contributed by atoms with E-state index in [-0.39, 0.29) is 58.1 Å². The fraction of sp³-hybridized carbons (Fsp3) is 0.579. The molecule has 3 fully saturated rings. The molecule has 1 aromatic rings. The monoisotopic (exact) mass is 606 g/mol. The van der Waals surface area contributed by atoms with Gasteiger partial charge in [0.15, 0.2) is 11.6 Å². The zero-order chi connectivity index (χ0) is 32.3. The quantitative estimate of drug-likeness (QED) is 0.260. The van der Waals surface area contributed by atoms with Crippen LogP contribution < -0.4 is 0 Å². The van der Waals surface area contributed by atoms with E-state index < -0.39 is 10.8 Å². The lowest BCUT2D eigenvalue weighted by Gasteiger charge is -2.63. The molecule has 0 spiro atoms. The first-order valence-electron chi connectivity index (χ1n) is 16.8. The fourth-order valence-electron chi connectivity index (χ4n) is 10.5. The largest absolute Gasteiger partial charge is 0.295 e. The summed E-state index contributed by atoms with van der Waals surface area (Å²) in [7, 11) is 0. The Morgan fingerprint density at radius 2 is 1.82 bits per heavy atom. The highest BCUT2D eigenvalue weighted by Gasteiger charge is 2.65. The average molecular weight is 607 g/mol. The second-order valence-corrected chi connectivity index (χ2v) is 14.9. The van der Waals surface area contributed by atoms with E-state index in [0.717, 1.165) is 56.1 Å². The molecule has 0 amide bonds. The van der Waals surface area contributed by atoms with Crippen molar-refractivity contribution < 1.29 is 14.4 Å². The molecule has 0 bridgehead atoms. The fourth-order valence-corrected chi connectivity index (χ4v) is 10.5. The molecular weight excluding hydrogens is 560 g/mol. The molecule has 45 heavy (non-hydrogen) atoms. The summed E-state index contributed by atoms with van der Waals surface area (Å²) in [6, 6.07) is 2.16. The predicted molar refractivity (Wildman–Crippen MR) is 175 cm³/mol. The Morgan fingerprint density at radius 1 is 1.09 bits per heavy atom. The Hall–Kier alpha value is -3.66. The number of rotatable bonds is 4. The first kappa shape index (κ1) is 31.3. The van der Waals surface area contributed by atoms with Gasteiger partial charge in [0.05, 0.1) is 16.7 Å². The Kier molecular flexibility index (Phi) is 7.86. The molecular formula is C38H46N4O3. The van der Waals surface area contributed by atoms with Crippen molar-refractivity contribution in [2.45, 2.75) is 86.5 Å². The summed E-state index contributed by atoms with van der Waals surface area (Å²) in [5, 5.41) is 9.83. The number of Topliss-reactive ketones (excluding diaryl/α,β-unsaturated/α-hetero) is 1. The van der Waals surface area contributed by atoms with Gasteiger partial charge < -0.3 is 0 Å². The summed E-state index contributed by atoms with van der Waals surface area (Å²) in [5.74, 6) is 0.236. The number of hydrogen-bond acceptors (Lipinski definition) is 6. The van der Waals surface area contributed by atoms with Crippen LogP contribution in [0.4, 0.5) is 0 Å². The van der Waals surface area contributed by atoms with Crippen LogP contribution in [0.25, 0.3) is 5.57 Å². The molecule has 0 N–H and O–H groups in total. The zero-order valence-corrected chi connectivity index (χ0v) is 27.5. The predicted octanol–water partition coefficient (Wildman–Crippen LogP) is 7.58. The average Bonchev–Trinajstić information content (AvgIpc) is 3.51. The third-order valence-corrected chi connectivity index (χ3v) is 12.7. The van der Waals surface area contributed by atoms with Gasteiger partial charge >= 0.3 is 0 Å². The van der Waals surface area contributed by atoms with Gasteiger partial charge in [-0.25, -0.2) is 4.98 Å². The van der Waals surface area contributed by atoms with Crippen molar-refractivity contribution in [3.63, 3.8) is 0 Å². The van der Waals surface area contributed by atoms with Gasteiger partial charge in [0.25, 0.3) is 0 Å². The van der Waals surface area contributed by atoms with E-state index in [2.05, 4.69) is 36.8 Å². The number of ketones is 2. The standard InChI is InChI=1S/C38H46N4O3/c1-7-9-25(20-40-8-2)30-21-42(22-41-30)35(45)38-14-10-23(3)16-29(38)33-28(12-15-38)36(5)13-11-27-24(4)34(44)26(19-39)18-37(27,6)32(36)17-31(33)43/h7-9,17-18,20-24,27-29,33H,10-16H2,1-6H3/b9-7-,25-20+,40-8-. The number of carbonyl (C=O) groups is 3. The Labute approximate surface area is 267 Å². The molecule has 3 saturated carbocycles. The minimum Gasteiger partial charge on any atom is -0.295 e. The Balaban J connectivity index is 1.40. The number of hydrogen-bond donors (Lipinski definition) is 0. The minimum atomic E-state index is -0.615. The van der Waals surface area contributed by atoms with Gasteiger partial charge in [-0.15, -0.1) is 0 Å². The summed E-state index contributed by atoms with van der Waals surface area (Å²) in [6.07, 6.45) is 20.6. The van der Waals surface area contributed by atoms with Gasteiger partial charge in [0, 0.05) is 41.4 Å². The van der Waals surface area contributed by atoms with E-state index in [9.17, 15) is 19.6 Å². The molecule has 9 unspecified atom stereocenters. The lowest BCUT2D eigenvalue weighted by Crippen LogP contribution is -2.60. The van der Waals surface area contributed by atoms with Crippen molar-refractivity contribution in [1.82, 2.24) is 9.55 Å². The number of nitriles is 1. The van der Waals surface area contributed by atoms with Crippen LogP contribution in [0.2, 0.25) is 0 Å². The second kappa shape index (κ2) is 11.3. The van der Waals surface area contributed by atoms with Crippen molar-refractivity contribution in [2.75, 3.05) is 0 Å². The van der Waals surface area contributed by atoms with E-state index in [1.54, 1.807) is 23.3 Å². The molecule has 1 aromatic heterocycles. The topological polar surface area (TPSA) is 105 Å². The number of fused-ring (bicyclic) bond motifs is 7. The Morgan fingerprint density at radius 3 is 2.53 bits per heavy atom. The van der Waals surface area contributed by atoms with E-state index in [0.29, 0.717) is 11.6 Å². The molecule has 7 nitrogen and oxygen atoms in total. The summed E-state index contributed by atoms with van der Waals surface area (Å²) in [5.41, 5.74) is 1.50. The van der Waals surface area contributed by atoms with E-state index in [4.69, 9.17) is 0 Å². The molecule has 0 aromatic carbocycles. The molecule has 6 rings (SSSR count). The number of nitrogens with zero attached hydrogens (tertiary/aromatic N) is 4. The highest BCUT2D eigenvalue weighted by Crippen LogP contribution is 2.68. The van der Waals surface area contributed by atoms with Crippen LogP contribution in [0.15, 0.2) is 59.2 Å². The molecule has 0 radical (unpaired) electrons. The summed E-state index contributed by atoms with van der Waals surface area (Å²) >= 11 is 0. The van der Waals surface area contributed by atoms with E-state index in [1.807, 2.05) is 51.3 Å². The number of carbonyl (C=O) groups excluding carboxylic acids is 3. The number of allylic oxidation sites excluding steroid dienone is 7. The van der Waals surface area contributed by atoms with Crippen LogP contribution in [0.1, 0.15) is 97.0 Å². The number of aliphatic imine (C=N–C) groups is 1. The maximum absolute atomic E-state index is 14.6. The molecule has 236 valence electrons. The van der Waals surface area contributed by atoms with Crippen LogP contribution >= 0.6 is 0 Å². The number of aromatic nitrogens is 2. The van der Waals surface area contributed by atoms with Crippen molar-refractivity contribution in [3.8, 4) is 6.07 Å².